The number of aryl methyl sites for hydroxylation is 3. The van der Waals surface area contributed by atoms with Crippen molar-refractivity contribution in [2.45, 2.75) is 52.4 Å². The van der Waals surface area contributed by atoms with Gasteiger partial charge in [-0.2, -0.15) is 32.1 Å². The SMILES string of the molecule is CCn1cc(C(C)NC(=O)c2cc3nc(C)cc(C(F)(F)C(F)(F)F)n3n2)c(C)n1. The maximum absolute atomic E-state index is 14.0. The summed E-state index contributed by atoms with van der Waals surface area (Å²) in [5.74, 6) is -5.91. The molecule has 0 fully saturated rings. The molecule has 0 aliphatic heterocycles. The van der Waals surface area contributed by atoms with Crippen LogP contribution >= 0.6 is 0 Å². The van der Waals surface area contributed by atoms with Gasteiger partial charge in [-0.15, -0.1) is 0 Å². The summed E-state index contributed by atoms with van der Waals surface area (Å²) in [4.78, 5) is 16.5. The van der Waals surface area contributed by atoms with Crippen molar-refractivity contribution in [2.24, 2.45) is 0 Å². The van der Waals surface area contributed by atoms with Crippen LogP contribution in [0.3, 0.4) is 0 Å². The van der Waals surface area contributed by atoms with Crippen LogP contribution in [0.5, 0.6) is 0 Å². The first-order valence-corrected chi connectivity index (χ1v) is 9.02. The highest BCUT2D eigenvalue weighted by Gasteiger charge is 2.60. The molecule has 30 heavy (non-hydrogen) atoms. The van der Waals surface area contributed by atoms with Crippen molar-refractivity contribution in [1.82, 2.24) is 29.7 Å². The Morgan fingerprint density at radius 1 is 1.17 bits per heavy atom. The number of amides is 1. The standard InChI is InChI=1S/C18H19F5N6O/c1-5-28-8-12(11(4)26-28)10(3)25-16(30)13-7-15-24-9(2)6-14(29(15)27-13)17(19,20)18(21,22)23/h6-8,10H,5H2,1-4H3,(H,25,30). The topological polar surface area (TPSA) is 77.1 Å². The maximum atomic E-state index is 14.0. The van der Waals surface area contributed by atoms with Gasteiger partial charge in [0.15, 0.2) is 11.3 Å². The Hall–Kier alpha value is -3.05. The van der Waals surface area contributed by atoms with E-state index in [1.807, 2.05) is 6.92 Å². The molecular weight excluding hydrogens is 411 g/mol. The number of halogens is 5. The quantitative estimate of drug-likeness (QED) is 0.626. The van der Waals surface area contributed by atoms with Crippen molar-refractivity contribution in [1.29, 1.82) is 0 Å². The molecular formula is C18H19F5N6O. The van der Waals surface area contributed by atoms with E-state index < -0.39 is 29.7 Å². The largest absolute Gasteiger partial charge is 0.459 e. The van der Waals surface area contributed by atoms with Crippen molar-refractivity contribution in [2.75, 3.05) is 0 Å². The highest BCUT2D eigenvalue weighted by Crippen LogP contribution is 2.43. The summed E-state index contributed by atoms with van der Waals surface area (Å²) in [6.45, 7) is 7.28. The number of hydrogen-bond acceptors (Lipinski definition) is 4. The minimum Gasteiger partial charge on any atom is -0.344 e. The number of fused-ring (bicyclic) bond motifs is 1. The van der Waals surface area contributed by atoms with Crippen LogP contribution in [0.15, 0.2) is 18.3 Å². The van der Waals surface area contributed by atoms with Crippen LogP contribution in [0.4, 0.5) is 22.0 Å². The van der Waals surface area contributed by atoms with Gasteiger partial charge in [-0.1, -0.05) is 0 Å². The molecule has 1 atom stereocenters. The summed E-state index contributed by atoms with van der Waals surface area (Å²) in [6, 6.07) is 1.17. The molecule has 0 aliphatic rings. The molecule has 3 heterocycles. The summed E-state index contributed by atoms with van der Waals surface area (Å²) < 4.78 is 68.6. The van der Waals surface area contributed by atoms with Gasteiger partial charge in [0.05, 0.1) is 11.7 Å². The lowest BCUT2D eigenvalue weighted by Crippen LogP contribution is -2.36. The van der Waals surface area contributed by atoms with Gasteiger partial charge in [0.2, 0.25) is 0 Å². The van der Waals surface area contributed by atoms with Crippen LogP contribution in [0.2, 0.25) is 0 Å². The predicted octanol–water partition coefficient (Wildman–Crippen LogP) is 3.71. The number of carbonyl (C=O) groups excluding carboxylic acids is 1. The van der Waals surface area contributed by atoms with E-state index in [9.17, 15) is 26.7 Å². The fourth-order valence-electron chi connectivity index (χ4n) is 3.05. The van der Waals surface area contributed by atoms with Crippen molar-refractivity contribution < 1.29 is 26.7 Å². The average molecular weight is 430 g/mol. The lowest BCUT2D eigenvalue weighted by atomic mass is 10.1. The lowest BCUT2D eigenvalue weighted by molar-refractivity contribution is -0.291. The monoisotopic (exact) mass is 430 g/mol. The van der Waals surface area contributed by atoms with Gasteiger partial charge in [0, 0.05) is 30.1 Å². The van der Waals surface area contributed by atoms with Gasteiger partial charge in [0.25, 0.3) is 5.91 Å². The second-order valence-electron chi connectivity index (χ2n) is 6.88. The van der Waals surface area contributed by atoms with E-state index in [-0.39, 0.29) is 17.0 Å². The van der Waals surface area contributed by atoms with E-state index >= 15 is 0 Å². The molecule has 1 N–H and O–H groups in total. The minimum absolute atomic E-state index is 0.0655. The molecule has 162 valence electrons. The van der Waals surface area contributed by atoms with Gasteiger partial charge in [-0.3, -0.25) is 9.48 Å². The van der Waals surface area contributed by atoms with E-state index in [1.54, 1.807) is 24.7 Å². The number of aromatic nitrogens is 5. The molecule has 3 rings (SSSR count). The molecule has 0 spiro atoms. The highest BCUT2D eigenvalue weighted by molar-refractivity contribution is 5.93. The van der Waals surface area contributed by atoms with Crippen molar-refractivity contribution in [3.63, 3.8) is 0 Å². The normalized spacial score (nSPS) is 13.6. The predicted molar refractivity (Wildman–Crippen MR) is 96.2 cm³/mol. The fraction of sp³-hybridized carbons (Fsp3) is 0.444. The molecule has 0 saturated carbocycles. The van der Waals surface area contributed by atoms with Crippen LogP contribution in [0, 0.1) is 13.8 Å². The Morgan fingerprint density at radius 3 is 2.40 bits per heavy atom. The highest BCUT2D eigenvalue weighted by atomic mass is 19.4. The van der Waals surface area contributed by atoms with Gasteiger partial charge >= 0.3 is 12.1 Å². The van der Waals surface area contributed by atoms with E-state index in [0.29, 0.717) is 22.8 Å². The van der Waals surface area contributed by atoms with Crippen LogP contribution in [0.1, 0.15) is 53.0 Å². The third-order valence-corrected chi connectivity index (χ3v) is 4.59. The first kappa shape index (κ1) is 21.7. The van der Waals surface area contributed by atoms with E-state index in [0.717, 1.165) is 11.6 Å². The third-order valence-electron chi connectivity index (χ3n) is 4.59. The van der Waals surface area contributed by atoms with Gasteiger partial charge < -0.3 is 5.32 Å². The summed E-state index contributed by atoms with van der Waals surface area (Å²) in [6.07, 6.45) is -4.07. The van der Waals surface area contributed by atoms with Crippen molar-refractivity contribution in [3.05, 3.63) is 46.7 Å². The maximum Gasteiger partial charge on any atom is 0.459 e. The molecule has 1 amide bonds. The Kier molecular flexibility index (Phi) is 5.29. The molecule has 0 aliphatic carbocycles. The van der Waals surface area contributed by atoms with Crippen LogP contribution < -0.4 is 5.32 Å². The molecule has 0 bridgehead atoms. The molecule has 3 aromatic heterocycles. The van der Waals surface area contributed by atoms with Gasteiger partial charge in [0.1, 0.15) is 5.69 Å². The number of alkyl halides is 5. The first-order valence-electron chi connectivity index (χ1n) is 9.02. The second-order valence-corrected chi connectivity index (χ2v) is 6.88. The van der Waals surface area contributed by atoms with Crippen LogP contribution in [-0.4, -0.2) is 36.5 Å². The summed E-state index contributed by atoms with van der Waals surface area (Å²) in [7, 11) is 0. The van der Waals surface area contributed by atoms with Crippen molar-refractivity contribution >= 4 is 11.6 Å². The Bertz CT molecular complexity index is 1100. The molecule has 12 heteroatoms. The van der Waals surface area contributed by atoms with Crippen molar-refractivity contribution in [3.8, 4) is 0 Å². The van der Waals surface area contributed by atoms with Crippen LogP contribution in [0.25, 0.3) is 5.65 Å². The fourth-order valence-corrected chi connectivity index (χ4v) is 3.05. The number of carbonyl (C=O) groups is 1. The minimum atomic E-state index is -5.83. The number of rotatable bonds is 5. The molecule has 0 saturated heterocycles. The lowest BCUT2D eigenvalue weighted by Gasteiger charge is -2.20. The van der Waals surface area contributed by atoms with Gasteiger partial charge in [-0.05, 0) is 33.8 Å². The number of hydrogen-bond donors (Lipinski definition) is 1. The summed E-state index contributed by atoms with van der Waals surface area (Å²) in [5, 5.41) is 10.6. The number of nitrogens with zero attached hydrogens (tertiary/aromatic N) is 5. The smallest absolute Gasteiger partial charge is 0.344 e. The van der Waals surface area contributed by atoms with Crippen LogP contribution in [-0.2, 0) is 12.5 Å². The molecule has 3 aromatic rings. The zero-order valence-electron chi connectivity index (χ0n) is 16.6. The van der Waals surface area contributed by atoms with E-state index in [4.69, 9.17) is 0 Å². The van der Waals surface area contributed by atoms with E-state index in [1.165, 1.54) is 6.92 Å². The molecule has 7 nitrogen and oxygen atoms in total. The number of nitrogens with one attached hydrogen (secondary N) is 1. The Labute approximate surface area is 167 Å². The zero-order valence-corrected chi connectivity index (χ0v) is 16.6. The molecule has 1 unspecified atom stereocenters. The first-order chi connectivity index (χ1) is 13.8. The Morgan fingerprint density at radius 2 is 1.83 bits per heavy atom. The molecule has 0 aromatic carbocycles. The average Bonchev–Trinajstić information content (AvgIpc) is 3.23. The second kappa shape index (κ2) is 7.33. The molecule has 0 radical (unpaired) electrons. The third kappa shape index (κ3) is 3.73. The zero-order chi connectivity index (χ0) is 22.4. The Balaban J connectivity index is 1.96. The summed E-state index contributed by atoms with van der Waals surface area (Å²) in [5.41, 5.74) is -0.661. The van der Waals surface area contributed by atoms with E-state index in [2.05, 4.69) is 20.5 Å². The summed E-state index contributed by atoms with van der Waals surface area (Å²) >= 11 is 0. The van der Waals surface area contributed by atoms with Gasteiger partial charge in [-0.25, -0.2) is 9.50 Å².